The number of para-hydroxylation sites is 2. The van der Waals surface area contributed by atoms with Crippen LogP contribution in [0.2, 0.25) is 0 Å². The first-order valence-electron chi connectivity index (χ1n) is 10.5. The number of rotatable bonds is 6. The molecule has 0 aliphatic carbocycles. The van der Waals surface area contributed by atoms with Gasteiger partial charge < -0.3 is 9.47 Å². The zero-order valence-electron chi connectivity index (χ0n) is 18.4. The average Bonchev–Trinajstić information content (AvgIpc) is 2.90. The molecular weight excluding hydrogens is 436 g/mol. The van der Waals surface area contributed by atoms with Gasteiger partial charge in [0.2, 0.25) is 0 Å². The van der Waals surface area contributed by atoms with Crippen molar-refractivity contribution in [1.82, 2.24) is 0 Å². The summed E-state index contributed by atoms with van der Waals surface area (Å²) in [5, 5.41) is 18.4. The number of ether oxygens (including phenoxy) is 2. The maximum absolute atomic E-state index is 9.30. The monoisotopic (exact) mass is 452 g/mol. The van der Waals surface area contributed by atoms with E-state index in [1.54, 1.807) is 36.4 Å². The SMILES string of the molecule is [C-]#[N+]c1ccc(Oc2ccccc2Cc2ccccc2Oc2ccc(C#N)c(C#N)c2)cc1[N+]#[C-]. The molecule has 0 radical (unpaired) electrons. The van der Waals surface area contributed by atoms with Gasteiger partial charge in [0.25, 0.3) is 0 Å². The minimum atomic E-state index is 0.243. The van der Waals surface area contributed by atoms with E-state index < -0.39 is 0 Å². The lowest BCUT2D eigenvalue weighted by atomic mass is 10.0. The largest absolute Gasteiger partial charge is 0.459 e. The number of nitrogens with zero attached hydrogens (tertiary/aromatic N) is 4. The van der Waals surface area contributed by atoms with Gasteiger partial charge in [-0.3, -0.25) is 4.85 Å². The molecule has 0 unspecified atom stereocenters. The van der Waals surface area contributed by atoms with Gasteiger partial charge in [0.1, 0.15) is 35.1 Å². The van der Waals surface area contributed by atoms with Gasteiger partial charge in [-0.25, -0.2) is 4.85 Å². The maximum Gasteiger partial charge on any atom is 0.198 e. The Balaban J connectivity index is 1.62. The van der Waals surface area contributed by atoms with Crippen LogP contribution in [-0.4, -0.2) is 0 Å². The Kier molecular flexibility index (Phi) is 6.70. The summed E-state index contributed by atoms with van der Waals surface area (Å²) in [6, 6.07) is 28.7. The molecule has 0 aromatic heterocycles. The van der Waals surface area contributed by atoms with Crippen molar-refractivity contribution in [1.29, 1.82) is 10.5 Å². The van der Waals surface area contributed by atoms with Crippen molar-refractivity contribution in [2.75, 3.05) is 0 Å². The Morgan fingerprint density at radius 2 is 1.17 bits per heavy atom. The van der Waals surface area contributed by atoms with E-state index in [1.165, 1.54) is 0 Å². The normalized spacial score (nSPS) is 9.71. The summed E-state index contributed by atoms with van der Waals surface area (Å²) in [4.78, 5) is 6.77. The quantitative estimate of drug-likeness (QED) is 0.281. The topological polar surface area (TPSA) is 74.8 Å². The van der Waals surface area contributed by atoms with E-state index in [9.17, 15) is 5.26 Å². The number of hydrogen-bond donors (Lipinski definition) is 0. The summed E-state index contributed by atoms with van der Waals surface area (Å²) >= 11 is 0. The third-order valence-corrected chi connectivity index (χ3v) is 5.20. The van der Waals surface area contributed by atoms with Crippen LogP contribution in [0.5, 0.6) is 23.0 Å². The fraction of sp³-hybridized carbons (Fsp3) is 0.0345. The molecule has 0 spiro atoms. The molecule has 0 amide bonds. The molecule has 0 heterocycles. The first-order valence-corrected chi connectivity index (χ1v) is 10.5. The summed E-state index contributed by atoms with van der Waals surface area (Å²) in [6.07, 6.45) is 0.504. The molecule has 35 heavy (non-hydrogen) atoms. The van der Waals surface area contributed by atoms with Crippen LogP contribution < -0.4 is 9.47 Å². The fourth-order valence-electron chi connectivity index (χ4n) is 3.49. The zero-order valence-corrected chi connectivity index (χ0v) is 18.4. The van der Waals surface area contributed by atoms with E-state index in [1.807, 2.05) is 60.7 Å². The Hall–Kier alpha value is -5.56. The van der Waals surface area contributed by atoms with E-state index in [0.29, 0.717) is 35.0 Å². The Bertz CT molecular complexity index is 1460. The standard InChI is InChI=1S/C29H16N4O2/c1-32-26-14-13-25(17-27(26)33-2)35-29-10-6-4-8-21(29)15-20-7-3-5-9-28(20)34-24-12-11-22(18-30)23(16-24)19-31/h3-14,16-17H,15H2. The molecule has 0 saturated carbocycles. The van der Waals surface area contributed by atoms with Crippen molar-refractivity contribution in [2.24, 2.45) is 0 Å². The summed E-state index contributed by atoms with van der Waals surface area (Å²) in [6.45, 7) is 14.5. The smallest absolute Gasteiger partial charge is 0.198 e. The van der Waals surface area contributed by atoms with Crippen LogP contribution >= 0.6 is 0 Å². The van der Waals surface area contributed by atoms with Gasteiger partial charge in [-0.15, -0.1) is 0 Å². The van der Waals surface area contributed by atoms with E-state index in [2.05, 4.69) is 9.69 Å². The van der Waals surface area contributed by atoms with Crippen LogP contribution in [0.4, 0.5) is 11.4 Å². The third-order valence-electron chi connectivity index (χ3n) is 5.20. The summed E-state index contributed by atoms with van der Waals surface area (Å²) in [7, 11) is 0. The maximum atomic E-state index is 9.30. The van der Waals surface area contributed by atoms with E-state index >= 15 is 0 Å². The van der Waals surface area contributed by atoms with Crippen molar-refractivity contribution in [3.8, 4) is 35.1 Å². The molecule has 6 heteroatoms. The molecule has 0 aliphatic heterocycles. The summed E-state index contributed by atoms with van der Waals surface area (Å²) in [5.74, 6) is 2.18. The van der Waals surface area contributed by atoms with Gasteiger partial charge in [-0.2, -0.15) is 10.5 Å². The second-order valence-corrected chi connectivity index (χ2v) is 7.40. The highest BCUT2D eigenvalue weighted by Gasteiger charge is 2.12. The molecule has 0 bridgehead atoms. The molecule has 164 valence electrons. The number of benzene rings is 4. The van der Waals surface area contributed by atoms with Crippen LogP contribution in [0.3, 0.4) is 0 Å². The average molecular weight is 452 g/mol. The van der Waals surface area contributed by atoms with Crippen LogP contribution in [-0.2, 0) is 6.42 Å². The molecule has 4 aromatic carbocycles. The molecule has 4 rings (SSSR count). The Morgan fingerprint density at radius 1 is 0.629 bits per heavy atom. The lowest BCUT2D eigenvalue weighted by molar-refractivity contribution is 0.471. The molecule has 0 aliphatic rings. The minimum absolute atomic E-state index is 0.243. The van der Waals surface area contributed by atoms with Crippen molar-refractivity contribution < 1.29 is 9.47 Å². The van der Waals surface area contributed by atoms with E-state index in [4.69, 9.17) is 27.9 Å². The van der Waals surface area contributed by atoms with Crippen molar-refractivity contribution in [3.63, 3.8) is 0 Å². The molecule has 6 nitrogen and oxygen atoms in total. The predicted octanol–water partition coefficient (Wildman–Crippen LogP) is 7.71. The summed E-state index contributed by atoms with van der Waals surface area (Å²) < 4.78 is 12.2. The molecule has 0 atom stereocenters. The second-order valence-electron chi connectivity index (χ2n) is 7.40. The molecule has 4 aromatic rings. The molecule has 0 N–H and O–H groups in total. The van der Waals surface area contributed by atoms with Crippen molar-refractivity contribution in [3.05, 3.63) is 130 Å². The lowest BCUT2D eigenvalue weighted by Crippen LogP contribution is -1.97. The zero-order chi connectivity index (χ0) is 24.6. The number of nitriles is 2. The highest BCUT2D eigenvalue weighted by molar-refractivity contribution is 5.72. The van der Waals surface area contributed by atoms with Gasteiger partial charge in [0.15, 0.2) is 11.4 Å². The summed E-state index contributed by atoms with van der Waals surface area (Å²) in [5.41, 5.74) is 2.88. The van der Waals surface area contributed by atoms with Gasteiger partial charge in [0.05, 0.1) is 24.3 Å². The third kappa shape index (κ3) is 5.10. The highest BCUT2D eigenvalue weighted by Crippen LogP contribution is 2.36. The van der Waals surface area contributed by atoms with Crippen LogP contribution in [0, 0.1) is 35.8 Å². The first kappa shape index (κ1) is 22.6. The van der Waals surface area contributed by atoms with Gasteiger partial charge in [0, 0.05) is 6.42 Å². The molecule has 0 fully saturated rings. The van der Waals surface area contributed by atoms with Crippen LogP contribution in [0.25, 0.3) is 9.69 Å². The van der Waals surface area contributed by atoms with E-state index in [0.717, 1.165) is 11.1 Å². The Morgan fingerprint density at radius 3 is 1.74 bits per heavy atom. The van der Waals surface area contributed by atoms with Gasteiger partial charge >= 0.3 is 0 Å². The highest BCUT2D eigenvalue weighted by atomic mass is 16.5. The molecule has 0 saturated heterocycles. The Labute approximate surface area is 203 Å². The van der Waals surface area contributed by atoms with Crippen molar-refractivity contribution in [2.45, 2.75) is 6.42 Å². The molecular formula is C29H16N4O2. The predicted molar refractivity (Wildman–Crippen MR) is 131 cm³/mol. The van der Waals surface area contributed by atoms with E-state index in [-0.39, 0.29) is 16.9 Å². The van der Waals surface area contributed by atoms with Crippen LogP contribution in [0.15, 0.2) is 84.9 Å². The second kappa shape index (κ2) is 10.4. The first-order chi connectivity index (χ1) is 17.1. The number of hydrogen-bond acceptors (Lipinski definition) is 4. The van der Waals surface area contributed by atoms with Gasteiger partial charge in [-0.1, -0.05) is 42.5 Å². The fourth-order valence-corrected chi connectivity index (χ4v) is 3.49. The van der Waals surface area contributed by atoms with Gasteiger partial charge in [-0.05, 0) is 53.6 Å². The van der Waals surface area contributed by atoms with Crippen LogP contribution in [0.1, 0.15) is 22.3 Å². The lowest BCUT2D eigenvalue weighted by Gasteiger charge is -2.15. The van der Waals surface area contributed by atoms with Crippen molar-refractivity contribution >= 4 is 11.4 Å². The minimum Gasteiger partial charge on any atom is -0.459 e.